The molecule has 2 saturated heterocycles. The van der Waals surface area contributed by atoms with Crippen LogP contribution >= 0.6 is 0 Å². The van der Waals surface area contributed by atoms with Crippen molar-refractivity contribution in [2.24, 2.45) is 0 Å². The zero-order chi connectivity index (χ0) is 23.5. The first-order valence-electron chi connectivity index (χ1n) is 10.7. The number of piperidine rings is 1. The molecule has 0 bridgehead atoms. The summed E-state index contributed by atoms with van der Waals surface area (Å²) < 4.78 is 56.4. The lowest BCUT2D eigenvalue weighted by atomic mass is 10.0. The van der Waals surface area contributed by atoms with E-state index in [4.69, 9.17) is 13.7 Å². The van der Waals surface area contributed by atoms with Gasteiger partial charge >= 0.3 is 6.09 Å². The fourth-order valence-electron chi connectivity index (χ4n) is 4.16. The fraction of sp³-hybridized carbons (Fsp3) is 0.435. The molecule has 2 fully saturated rings. The average Bonchev–Trinajstić information content (AvgIpc) is 3.18. The number of hydrogen-bond acceptors (Lipinski definition) is 6. The second-order valence-corrected chi connectivity index (χ2v) is 9.09. The second kappa shape index (κ2) is 10.1. The molecule has 2 atom stereocenters. The van der Waals surface area contributed by atoms with Crippen LogP contribution in [0.1, 0.15) is 12.8 Å². The Labute approximate surface area is 193 Å². The summed E-state index contributed by atoms with van der Waals surface area (Å²) in [6, 6.07) is 9.02. The van der Waals surface area contributed by atoms with Crippen molar-refractivity contribution >= 4 is 28.5 Å². The van der Waals surface area contributed by atoms with Gasteiger partial charge in [-0.15, -0.1) is 0 Å². The number of halogens is 2. The van der Waals surface area contributed by atoms with Crippen molar-refractivity contribution in [3.8, 4) is 11.1 Å². The van der Waals surface area contributed by atoms with E-state index in [0.717, 1.165) is 12.8 Å². The molecule has 0 spiro atoms. The van der Waals surface area contributed by atoms with Crippen LogP contribution in [0, 0.1) is 11.6 Å². The first-order chi connectivity index (χ1) is 15.9. The van der Waals surface area contributed by atoms with Crippen molar-refractivity contribution in [3.05, 3.63) is 48.0 Å². The molecule has 0 aliphatic carbocycles. The molecule has 7 nitrogen and oxygen atoms in total. The summed E-state index contributed by atoms with van der Waals surface area (Å²) in [6.45, 7) is 1.53. The molecule has 2 aliphatic rings. The van der Waals surface area contributed by atoms with Crippen LogP contribution in [0.2, 0.25) is 0 Å². The van der Waals surface area contributed by atoms with E-state index in [9.17, 15) is 17.8 Å². The van der Waals surface area contributed by atoms with Gasteiger partial charge in [0.15, 0.2) is 11.1 Å². The molecule has 4 rings (SSSR count). The normalized spacial score (nSPS) is 20.2. The zero-order valence-electron chi connectivity index (χ0n) is 18.5. The van der Waals surface area contributed by atoms with Crippen LogP contribution in [0.15, 0.2) is 36.4 Å². The molecule has 10 heteroatoms. The Morgan fingerprint density at radius 2 is 1.88 bits per heavy atom. The van der Waals surface area contributed by atoms with Crippen molar-refractivity contribution in [2.45, 2.75) is 25.0 Å². The maximum Gasteiger partial charge on any atom is 0.414 e. The molecule has 2 unspecified atom stereocenters. The smallest absolute Gasteiger partial charge is 0.414 e. The van der Waals surface area contributed by atoms with Gasteiger partial charge in [0.1, 0.15) is 24.3 Å². The zero-order valence-corrected chi connectivity index (χ0v) is 19.3. The maximum absolute atomic E-state index is 14.9. The molecule has 2 aromatic rings. The first-order valence-corrected chi connectivity index (χ1v) is 12.2. The van der Waals surface area contributed by atoms with Gasteiger partial charge in [-0.05, 0) is 48.7 Å². The summed E-state index contributed by atoms with van der Waals surface area (Å²) in [6.07, 6.45) is 2.00. The van der Waals surface area contributed by atoms with E-state index in [1.165, 1.54) is 29.4 Å². The van der Waals surface area contributed by atoms with Crippen LogP contribution in [-0.4, -0.2) is 62.1 Å². The van der Waals surface area contributed by atoms with Gasteiger partial charge in [0.25, 0.3) is 0 Å². The van der Waals surface area contributed by atoms with Gasteiger partial charge in [-0.3, -0.25) is 9.08 Å². The lowest BCUT2D eigenvalue weighted by Gasteiger charge is -2.33. The standard InChI is InChI=1S/C23H26F2N2O5S/c1-30-17-7-9-26(10-8-17)22-6-3-15(11-21(22)25)19-5-4-16(12-20(19)24)27-13-18(32-23(27)28)14-31-33(2)29/h3-6,11-12,17-18H,7-10,13-14H2,1-2H3. The van der Waals surface area contributed by atoms with E-state index in [-0.39, 0.29) is 24.8 Å². The Kier molecular flexibility index (Phi) is 7.26. The van der Waals surface area contributed by atoms with Gasteiger partial charge in [-0.2, -0.15) is 0 Å². The van der Waals surface area contributed by atoms with E-state index in [2.05, 4.69) is 0 Å². The highest BCUT2D eigenvalue weighted by Gasteiger charge is 2.33. The third kappa shape index (κ3) is 5.34. The van der Waals surface area contributed by atoms with Crippen molar-refractivity contribution in [1.29, 1.82) is 0 Å². The summed E-state index contributed by atoms with van der Waals surface area (Å²) in [5.74, 6) is -0.992. The van der Waals surface area contributed by atoms with Gasteiger partial charge < -0.3 is 14.4 Å². The third-order valence-electron chi connectivity index (χ3n) is 5.93. The summed E-state index contributed by atoms with van der Waals surface area (Å²) in [5.41, 5.74) is 1.45. The Morgan fingerprint density at radius 1 is 1.12 bits per heavy atom. The summed E-state index contributed by atoms with van der Waals surface area (Å²) in [7, 11) is 1.69. The number of carbonyl (C=O) groups is 1. The minimum absolute atomic E-state index is 0.0132. The highest BCUT2D eigenvalue weighted by molar-refractivity contribution is 7.79. The molecule has 2 aromatic carbocycles. The molecule has 0 aromatic heterocycles. The Bertz CT molecular complexity index is 1050. The summed E-state index contributed by atoms with van der Waals surface area (Å²) in [4.78, 5) is 15.4. The SMILES string of the molecule is COC1CCN(c2ccc(-c3ccc(N4CC(COS(C)=O)OC4=O)cc3F)cc2F)CC1. The van der Waals surface area contributed by atoms with Crippen LogP contribution < -0.4 is 9.80 Å². The molecular weight excluding hydrogens is 454 g/mol. The van der Waals surface area contributed by atoms with Crippen molar-refractivity contribution in [1.82, 2.24) is 0 Å². The van der Waals surface area contributed by atoms with E-state index in [0.29, 0.717) is 30.0 Å². The van der Waals surface area contributed by atoms with E-state index < -0.39 is 34.9 Å². The summed E-state index contributed by atoms with van der Waals surface area (Å²) in [5, 5.41) is 0. The predicted molar refractivity (Wildman–Crippen MR) is 122 cm³/mol. The number of benzene rings is 2. The molecule has 178 valence electrons. The molecule has 0 radical (unpaired) electrons. The molecular formula is C23H26F2N2O5S. The highest BCUT2D eigenvalue weighted by Crippen LogP contribution is 2.32. The number of anilines is 2. The number of amides is 1. The van der Waals surface area contributed by atoms with Crippen molar-refractivity contribution < 1.29 is 31.4 Å². The van der Waals surface area contributed by atoms with Crippen molar-refractivity contribution in [3.63, 3.8) is 0 Å². The number of nitrogens with zero attached hydrogens (tertiary/aromatic N) is 2. The Morgan fingerprint density at radius 3 is 2.52 bits per heavy atom. The first kappa shape index (κ1) is 23.6. The molecule has 2 heterocycles. The third-order valence-corrected chi connectivity index (χ3v) is 6.40. The van der Waals surface area contributed by atoms with Gasteiger partial charge in [0.2, 0.25) is 0 Å². The van der Waals surface area contributed by atoms with Crippen LogP contribution in [-0.2, 0) is 24.7 Å². The molecule has 1 amide bonds. The molecule has 0 N–H and O–H groups in total. The maximum atomic E-state index is 14.9. The quantitative estimate of drug-likeness (QED) is 0.599. The second-order valence-electron chi connectivity index (χ2n) is 8.05. The van der Waals surface area contributed by atoms with E-state index in [1.54, 1.807) is 25.3 Å². The lowest BCUT2D eigenvalue weighted by molar-refractivity contribution is 0.0818. The fourth-order valence-corrected chi connectivity index (χ4v) is 4.50. The van der Waals surface area contributed by atoms with E-state index >= 15 is 0 Å². The van der Waals surface area contributed by atoms with Gasteiger partial charge in [0, 0.05) is 32.0 Å². The molecule has 2 aliphatic heterocycles. The van der Waals surface area contributed by atoms with Crippen LogP contribution in [0.4, 0.5) is 25.0 Å². The van der Waals surface area contributed by atoms with Gasteiger partial charge in [-0.25, -0.2) is 17.8 Å². The van der Waals surface area contributed by atoms with Crippen LogP contribution in [0.25, 0.3) is 11.1 Å². The van der Waals surface area contributed by atoms with Crippen LogP contribution in [0.5, 0.6) is 0 Å². The number of carbonyl (C=O) groups excluding carboxylic acids is 1. The molecule has 33 heavy (non-hydrogen) atoms. The lowest BCUT2D eigenvalue weighted by Crippen LogP contribution is -2.37. The average molecular weight is 481 g/mol. The number of ether oxygens (including phenoxy) is 2. The molecule has 0 saturated carbocycles. The minimum Gasteiger partial charge on any atom is -0.441 e. The minimum atomic E-state index is -1.47. The summed E-state index contributed by atoms with van der Waals surface area (Å²) >= 11 is -1.47. The number of hydrogen-bond donors (Lipinski definition) is 0. The topological polar surface area (TPSA) is 68.3 Å². The Balaban J connectivity index is 1.48. The van der Waals surface area contributed by atoms with E-state index in [1.807, 2.05) is 4.90 Å². The van der Waals surface area contributed by atoms with Crippen molar-refractivity contribution in [2.75, 3.05) is 49.4 Å². The number of rotatable bonds is 7. The number of methoxy groups -OCH3 is 1. The number of cyclic esters (lactones) is 1. The highest BCUT2D eigenvalue weighted by atomic mass is 32.2. The largest absolute Gasteiger partial charge is 0.441 e. The Hall–Kier alpha value is -2.56. The monoisotopic (exact) mass is 480 g/mol. The van der Waals surface area contributed by atoms with Crippen LogP contribution in [0.3, 0.4) is 0 Å². The van der Waals surface area contributed by atoms with Gasteiger partial charge in [-0.1, -0.05) is 6.07 Å². The van der Waals surface area contributed by atoms with Gasteiger partial charge in [0.05, 0.1) is 24.0 Å². The predicted octanol–water partition coefficient (Wildman–Crippen LogP) is 3.88.